The monoisotopic (exact) mass is 2060 g/mol. The molecular formula is C131H100BBr2IN4O2. The number of hydrogen-bond donors (Lipinski definition) is 0. The molecule has 0 atom stereocenters. The summed E-state index contributed by atoms with van der Waals surface area (Å²) in [6, 6.07) is 167. The quantitative estimate of drug-likeness (QED) is 0.0797. The van der Waals surface area contributed by atoms with E-state index in [1.54, 1.807) is 0 Å². The lowest BCUT2D eigenvalue weighted by atomic mass is 9.73. The lowest BCUT2D eigenvalue weighted by molar-refractivity contribution is 0.00578. The Balaban J connectivity index is 0.000000105. The van der Waals surface area contributed by atoms with Gasteiger partial charge in [0.2, 0.25) is 0 Å². The summed E-state index contributed by atoms with van der Waals surface area (Å²) in [7, 11) is -0.402. The first-order valence-corrected chi connectivity index (χ1v) is 51.9. The van der Waals surface area contributed by atoms with Crippen LogP contribution in [-0.4, -0.2) is 18.3 Å². The molecule has 680 valence electrons. The zero-order valence-electron chi connectivity index (χ0n) is 78.9. The molecule has 10 heteroatoms. The zero-order valence-corrected chi connectivity index (χ0v) is 84.3. The van der Waals surface area contributed by atoms with Crippen molar-refractivity contribution in [2.24, 2.45) is 0 Å². The van der Waals surface area contributed by atoms with E-state index in [-0.39, 0.29) is 27.4 Å². The highest BCUT2D eigenvalue weighted by Gasteiger charge is 2.55. The van der Waals surface area contributed by atoms with Crippen molar-refractivity contribution in [3.63, 3.8) is 0 Å². The molecule has 141 heavy (non-hydrogen) atoms. The maximum absolute atomic E-state index is 6.39. The predicted octanol–water partition coefficient (Wildman–Crippen LogP) is 36.7. The summed E-state index contributed by atoms with van der Waals surface area (Å²) in [6.07, 6.45) is 7.32. The molecule has 0 radical (unpaired) electrons. The van der Waals surface area contributed by atoms with Crippen molar-refractivity contribution in [2.75, 3.05) is 19.6 Å². The van der Waals surface area contributed by atoms with Crippen LogP contribution < -0.4 is 25.1 Å². The number of para-hydroxylation sites is 8. The Labute approximate surface area is 855 Å². The van der Waals surface area contributed by atoms with Crippen LogP contribution in [0.5, 0.6) is 0 Å². The lowest BCUT2D eigenvalue weighted by Crippen LogP contribution is -2.41. The van der Waals surface area contributed by atoms with E-state index in [4.69, 9.17) is 9.31 Å². The molecule has 0 bridgehead atoms. The van der Waals surface area contributed by atoms with E-state index in [0.29, 0.717) is 0 Å². The van der Waals surface area contributed by atoms with Crippen molar-refractivity contribution in [1.82, 2.24) is 0 Å². The summed E-state index contributed by atoms with van der Waals surface area (Å²) in [5.41, 5.74) is 34.4. The zero-order chi connectivity index (χ0) is 94.9. The first-order chi connectivity index (χ1) is 69.1. The minimum Gasteiger partial charge on any atom is -0.399 e. The van der Waals surface area contributed by atoms with E-state index < -0.39 is 7.12 Å². The minimum atomic E-state index is -0.402. The second-order valence-corrected chi connectivity index (χ2v) is 42.4. The van der Waals surface area contributed by atoms with Gasteiger partial charge in [-0.25, -0.2) is 0 Å². The van der Waals surface area contributed by atoms with Crippen LogP contribution in [0.1, 0.15) is 99.6 Å². The van der Waals surface area contributed by atoms with Crippen LogP contribution >= 0.6 is 54.5 Å². The van der Waals surface area contributed by atoms with Crippen LogP contribution in [0.25, 0.3) is 98.4 Å². The molecule has 1 heterocycles. The fraction of sp³-hybridized carbons (Fsp3) is 0.115. The summed E-state index contributed by atoms with van der Waals surface area (Å²) < 4.78 is 16.5. The second-order valence-electron chi connectivity index (χ2n) is 39.4. The SMILES string of the molecule is Brc1ccc2c3c(cccc13)-c1ccc(I)cc1C21CC1.Brc1ccc2c3c(cccc13)-c1ccc(N(c3ccccc3)c3ccccc3)cc1C21CC1.CC1(C)OB(c2ccc(N(c3ccccc3)c3ccccc3)c3ccccc23)OC1(C)C.c1ccc(N(c2ccccc2)c2ccc3c(c2)C2(CC2)c2ccc(-c4ccc(N(c5ccccc5)c5ccccc5)c5ccccc45)c4cccc-3c24)cc1. The third kappa shape index (κ3) is 15.2. The third-order valence-electron chi connectivity index (χ3n) is 31.0. The molecule has 3 spiro atoms. The van der Waals surface area contributed by atoms with Gasteiger partial charge in [0.05, 0.1) is 22.6 Å². The Morgan fingerprint density at radius 1 is 0.220 bits per heavy atom. The van der Waals surface area contributed by atoms with Gasteiger partial charge in [-0.05, 0) is 373 Å². The largest absolute Gasteiger partial charge is 0.495 e. The van der Waals surface area contributed by atoms with Crippen LogP contribution in [0.3, 0.4) is 0 Å². The molecule has 1 aliphatic heterocycles. The fourth-order valence-electron chi connectivity index (χ4n) is 23.2. The van der Waals surface area contributed by atoms with Gasteiger partial charge in [-0.2, -0.15) is 0 Å². The summed E-state index contributed by atoms with van der Waals surface area (Å²) in [6.45, 7) is 8.37. The molecule has 0 unspecified atom stereocenters. The minimum absolute atomic E-state index is 0.0211. The second kappa shape index (κ2) is 35.5. The van der Waals surface area contributed by atoms with E-state index in [0.717, 1.165) is 68.9 Å². The van der Waals surface area contributed by atoms with Gasteiger partial charge in [0.1, 0.15) is 0 Å². The molecule has 3 saturated carbocycles. The smallest absolute Gasteiger partial charge is 0.399 e. The van der Waals surface area contributed by atoms with Crippen molar-refractivity contribution in [3.05, 3.63) is 507 Å². The molecule has 0 N–H and O–H groups in total. The summed E-state index contributed by atoms with van der Waals surface area (Å²) in [5, 5.41) is 13.1. The van der Waals surface area contributed by atoms with Gasteiger partial charge in [0, 0.05) is 96.4 Å². The maximum atomic E-state index is 6.39. The number of anilines is 12. The Morgan fingerprint density at radius 2 is 0.496 bits per heavy atom. The van der Waals surface area contributed by atoms with Gasteiger partial charge in [0.15, 0.2) is 0 Å². The number of halogens is 3. The highest BCUT2D eigenvalue weighted by molar-refractivity contribution is 14.1. The van der Waals surface area contributed by atoms with E-state index >= 15 is 0 Å². The van der Waals surface area contributed by atoms with E-state index in [1.165, 1.54) is 188 Å². The predicted molar refractivity (Wildman–Crippen MR) is 608 cm³/mol. The molecule has 4 fully saturated rings. The van der Waals surface area contributed by atoms with Gasteiger partial charge in [0.25, 0.3) is 0 Å². The van der Waals surface area contributed by atoms with E-state index in [2.05, 4.69) is 551 Å². The molecule has 6 nitrogen and oxygen atoms in total. The highest BCUT2D eigenvalue weighted by Crippen LogP contribution is 2.66. The van der Waals surface area contributed by atoms with E-state index in [1.807, 2.05) is 12.1 Å². The van der Waals surface area contributed by atoms with Gasteiger partial charge in [-0.15, -0.1) is 0 Å². The Kier molecular flexibility index (Phi) is 22.2. The molecule has 7 aliphatic rings. The van der Waals surface area contributed by atoms with Gasteiger partial charge < -0.3 is 28.9 Å². The van der Waals surface area contributed by atoms with Gasteiger partial charge in [-0.3, -0.25) is 0 Å². The van der Waals surface area contributed by atoms with Gasteiger partial charge in [-0.1, -0.05) is 335 Å². The molecule has 0 amide bonds. The topological polar surface area (TPSA) is 31.4 Å². The third-order valence-corrected chi connectivity index (χ3v) is 33.0. The van der Waals surface area contributed by atoms with Crippen LogP contribution in [0.15, 0.2) is 470 Å². The van der Waals surface area contributed by atoms with Crippen molar-refractivity contribution < 1.29 is 9.31 Å². The molecule has 0 aromatic heterocycles. The summed E-state index contributed by atoms with van der Waals surface area (Å²) >= 11 is 9.95. The Hall–Kier alpha value is -14.2. The van der Waals surface area contributed by atoms with Crippen LogP contribution in [0.4, 0.5) is 68.2 Å². The van der Waals surface area contributed by atoms with Crippen molar-refractivity contribution in [2.45, 2.75) is 93.7 Å². The van der Waals surface area contributed by atoms with Crippen molar-refractivity contribution in [3.8, 4) is 44.5 Å². The van der Waals surface area contributed by atoms with Crippen molar-refractivity contribution in [1.29, 1.82) is 0 Å². The van der Waals surface area contributed by atoms with Crippen LogP contribution in [0.2, 0.25) is 0 Å². The Morgan fingerprint density at radius 3 is 0.872 bits per heavy atom. The molecule has 1 saturated heterocycles. The van der Waals surface area contributed by atoms with Gasteiger partial charge >= 0.3 is 7.12 Å². The van der Waals surface area contributed by atoms with Crippen LogP contribution in [-0.2, 0) is 25.6 Å². The first kappa shape index (κ1) is 88.2. The number of fused-ring (bicyclic) bond motifs is 14. The summed E-state index contributed by atoms with van der Waals surface area (Å²) in [4.78, 5) is 9.44. The average Bonchev–Trinajstić information content (AvgIpc) is 1.50. The maximum Gasteiger partial charge on any atom is 0.495 e. The average molecular weight is 2060 g/mol. The number of hydrogen-bond acceptors (Lipinski definition) is 6. The molecule has 21 aromatic carbocycles. The fourth-order valence-corrected chi connectivity index (χ4v) is 24.6. The summed E-state index contributed by atoms with van der Waals surface area (Å²) in [5.74, 6) is 0. The van der Waals surface area contributed by atoms with Crippen LogP contribution in [0, 0.1) is 3.57 Å². The lowest BCUT2D eigenvalue weighted by Gasteiger charge is -2.32. The molecular weight excluding hydrogens is 1960 g/mol. The van der Waals surface area contributed by atoms with Crippen molar-refractivity contribution >= 4 is 189 Å². The number of benzene rings is 21. The normalized spacial score (nSPS) is 15.1. The molecule has 6 aliphatic carbocycles. The first-order valence-electron chi connectivity index (χ1n) is 49.2. The molecule has 21 aromatic rings. The highest BCUT2D eigenvalue weighted by atomic mass is 127. The standard InChI is InChI=1S/C53H38N2.C31H22BrN.C28H28BNO2.C19H12BrI/c1-5-16-37(17-6-1)54(38-18-7-2-8-19-38)41-28-29-45-48-27-15-26-47-44(30-32-49(52(47)48)53(34-35-53)50(45)36-41)43-31-33-51(46-25-14-13-24-42(43)46)55(39-20-9-3-10-21-39)40-22-11-4-12-23-40;32-29-17-16-27-30-25(12-7-13-26(29)30)24-15-14-23(20-28(24)31(27)18-19-31)33(21-8-3-1-4-9-21)22-10-5-2-6-11-22;1-27(2)28(3,4)32-29(31-27)25-19-20-26(24-18-12-11-17-23(24)25)30(21-13-7-5-8-14-21)22-15-9-6-10-16-22;20-17-7-6-15-18-13(2-1-3-14(17)18)12-5-4-11(21)10-16(12)19(15)8-9-19/h1-33,36H,34-35H2;1-17,20H,18-19H2;5-20H,1-4H3;1-7,10H,8-9H2. The number of rotatable bonds is 14. The van der Waals surface area contributed by atoms with E-state index in [9.17, 15) is 0 Å². The number of nitrogens with zero attached hydrogens (tertiary/aromatic N) is 4. The molecule has 28 rings (SSSR count). The Bertz CT molecular complexity index is 8260.